The molecule has 2 N–H and O–H groups in total. The van der Waals surface area contributed by atoms with Gasteiger partial charge in [0, 0.05) is 10.3 Å². The molecule has 4 nitrogen and oxygen atoms in total. The summed E-state index contributed by atoms with van der Waals surface area (Å²) in [5, 5.41) is 1.72. The highest BCUT2D eigenvalue weighted by Gasteiger charge is 2.23. The van der Waals surface area contributed by atoms with E-state index in [1.807, 2.05) is 13.8 Å². The molecule has 14 heavy (non-hydrogen) atoms. The molecule has 0 unspecified atom stereocenters. The summed E-state index contributed by atoms with van der Waals surface area (Å²) < 4.78 is 4.59. The molecule has 0 bridgehead atoms. The van der Waals surface area contributed by atoms with Crippen LogP contribution in [0.2, 0.25) is 0 Å². The van der Waals surface area contributed by atoms with Crippen molar-refractivity contribution in [2.45, 2.75) is 19.4 Å². The van der Waals surface area contributed by atoms with Crippen molar-refractivity contribution in [2.75, 3.05) is 7.11 Å². The Morgan fingerprint density at radius 3 is 2.71 bits per heavy atom. The number of esters is 1. The molecule has 0 atom stereocenters. The van der Waals surface area contributed by atoms with Crippen LogP contribution < -0.4 is 5.90 Å². The van der Waals surface area contributed by atoms with Crippen LogP contribution in [0.3, 0.4) is 0 Å². The van der Waals surface area contributed by atoms with Gasteiger partial charge in [0.05, 0.1) is 12.7 Å². The first-order valence-electron chi connectivity index (χ1n) is 4.06. The van der Waals surface area contributed by atoms with Gasteiger partial charge in [0.25, 0.3) is 0 Å². The van der Waals surface area contributed by atoms with Gasteiger partial charge >= 0.3 is 5.97 Å². The zero-order chi connectivity index (χ0) is 10.8. The molecule has 1 heterocycles. The molecule has 78 valence electrons. The van der Waals surface area contributed by atoms with Crippen molar-refractivity contribution in [1.29, 1.82) is 0 Å². The van der Waals surface area contributed by atoms with Gasteiger partial charge in [0.1, 0.15) is 5.60 Å². The fourth-order valence-corrected chi connectivity index (χ4v) is 1.88. The number of methoxy groups -OCH3 is 1. The highest BCUT2D eigenvalue weighted by molar-refractivity contribution is 7.10. The summed E-state index contributed by atoms with van der Waals surface area (Å²) in [6.45, 7) is 3.67. The van der Waals surface area contributed by atoms with Crippen molar-refractivity contribution in [1.82, 2.24) is 0 Å². The SMILES string of the molecule is COC(=O)c1csc(C(C)(C)ON)c1. The Labute approximate surface area is 86.6 Å². The van der Waals surface area contributed by atoms with Crippen LogP contribution in [-0.2, 0) is 15.2 Å². The lowest BCUT2D eigenvalue weighted by molar-refractivity contribution is -0.0208. The number of nitrogens with two attached hydrogens (primary N) is 1. The van der Waals surface area contributed by atoms with Crippen molar-refractivity contribution in [3.8, 4) is 0 Å². The number of thiophene rings is 1. The van der Waals surface area contributed by atoms with Gasteiger partial charge in [-0.3, -0.25) is 4.84 Å². The Balaban J connectivity index is 2.93. The number of carbonyl (C=O) groups is 1. The van der Waals surface area contributed by atoms with E-state index in [4.69, 9.17) is 10.7 Å². The maximum Gasteiger partial charge on any atom is 0.338 e. The van der Waals surface area contributed by atoms with E-state index in [0.29, 0.717) is 5.56 Å². The van der Waals surface area contributed by atoms with Gasteiger partial charge in [-0.05, 0) is 19.9 Å². The van der Waals surface area contributed by atoms with Crippen LogP contribution in [0.25, 0.3) is 0 Å². The van der Waals surface area contributed by atoms with Crippen LogP contribution >= 0.6 is 11.3 Å². The smallest absolute Gasteiger partial charge is 0.338 e. The van der Waals surface area contributed by atoms with Crippen LogP contribution in [0.1, 0.15) is 29.1 Å². The van der Waals surface area contributed by atoms with Crippen molar-refractivity contribution in [2.24, 2.45) is 5.90 Å². The van der Waals surface area contributed by atoms with E-state index in [1.54, 1.807) is 11.4 Å². The van der Waals surface area contributed by atoms with Gasteiger partial charge in [0.15, 0.2) is 0 Å². The fourth-order valence-electron chi connectivity index (χ4n) is 0.935. The van der Waals surface area contributed by atoms with E-state index in [-0.39, 0.29) is 5.97 Å². The summed E-state index contributed by atoms with van der Waals surface area (Å²) in [7, 11) is 1.35. The van der Waals surface area contributed by atoms with Crippen LogP contribution in [0.4, 0.5) is 0 Å². The van der Waals surface area contributed by atoms with Gasteiger partial charge in [-0.15, -0.1) is 11.3 Å². The van der Waals surface area contributed by atoms with Crippen LogP contribution in [0.15, 0.2) is 11.4 Å². The predicted molar refractivity (Wildman–Crippen MR) is 54.0 cm³/mol. The summed E-state index contributed by atoms with van der Waals surface area (Å²) >= 11 is 1.42. The quantitative estimate of drug-likeness (QED) is 0.615. The lowest BCUT2D eigenvalue weighted by atomic mass is 10.1. The third-order valence-electron chi connectivity index (χ3n) is 1.91. The summed E-state index contributed by atoms with van der Waals surface area (Å²) in [6.07, 6.45) is 0. The topological polar surface area (TPSA) is 61.5 Å². The Bertz CT molecular complexity index is 333. The molecule has 0 aliphatic carbocycles. The molecule has 0 saturated carbocycles. The van der Waals surface area contributed by atoms with Crippen molar-refractivity contribution >= 4 is 17.3 Å². The lowest BCUT2D eigenvalue weighted by Crippen LogP contribution is -2.24. The number of ether oxygens (including phenoxy) is 1. The molecule has 0 aliphatic heterocycles. The molecule has 1 aromatic rings. The monoisotopic (exact) mass is 215 g/mol. The highest BCUT2D eigenvalue weighted by Crippen LogP contribution is 2.29. The largest absolute Gasteiger partial charge is 0.465 e. The molecular formula is C9H13NO3S. The molecule has 0 saturated heterocycles. The second kappa shape index (κ2) is 4.08. The van der Waals surface area contributed by atoms with Crippen molar-refractivity contribution in [3.63, 3.8) is 0 Å². The summed E-state index contributed by atoms with van der Waals surface area (Å²) in [4.78, 5) is 16.9. The molecule has 5 heteroatoms. The minimum Gasteiger partial charge on any atom is -0.465 e. The zero-order valence-electron chi connectivity index (χ0n) is 8.37. The van der Waals surface area contributed by atoms with E-state index < -0.39 is 5.60 Å². The van der Waals surface area contributed by atoms with Crippen LogP contribution in [-0.4, -0.2) is 13.1 Å². The minimum atomic E-state index is -0.572. The van der Waals surface area contributed by atoms with E-state index in [1.165, 1.54) is 18.4 Å². The first kappa shape index (κ1) is 11.2. The first-order chi connectivity index (χ1) is 6.51. The van der Waals surface area contributed by atoms with Gasteiger partial charge in [0.2, 0.25) is 0 Å². The molecule has 0 aliphatic rings. The fraction of sp³-hybridized carbons (Fsp3) is 0.444. The zero-order valence-corrected chi connectivity index (χ0v) is 9.18. The van der Waals surface area contributed by atoms with Crippen LogP contribution in [0, 0.1) is 0 Å². The Kier molecular flexibility index (Phi) is 3.25. The molecule has 0 aromatic carbocycles. The molecule has 0 amide bonds. The van der Waals surface area contributed by atoms with Gasteiger partial charge in [-0.2, -0.15) is 0 Å². The van der Waals surface area contributed by atoms with Gasteiger partial charge in [-0.1, -0.05) is 0 Å². The van der Waals surface area contributed by atoms with Gasteiger partial charge in [-0.25, -0.2) is 10.7 Å². The van der Waals surface area contributed by atoms with Crippen molar-refractivity contribution < 1.29 is 14.4 Å². The molecular weight excluding hydrogens is 202 g/mol. The summed E-state index contributed by atoms with van der Waals surface area (Å²) in [6, 6.07) is 1.73. The lowest BCUT2D eigenvalue weighted by Gasteiger charge is -2.19. The van der Waals surface area contributed by atoms with E-state index in [0.717, 1.165) is 4.88 Å². The molecule has 0 spiro atoms. The molecule has 0 fully saturated rings. The standard InChI is InChI=1S/C9H13NO3S/c1-9(2,13-10)7-4-6(5-14-7)8(11)12-3/h4-5H,10H2,1-3H3. The summed E-state index contributed by atoms with van der Waals surface area (Å²) in [5.74, 6) is 4.80. The van der Waals surface area contributed by atoms with E-state index in [2.05, 4.69) is 4.74 Å². The molecule has 1 rings (SSSR count). The Morgan fingerprint density at radius 2 is 2.21 bits per heavy atom. The molecule has 1 aromatic heterocycles. The number of carbonyl (C=O) groups excluding carboxylic acids is 1. The predicted octanol–water partition coefficient (Wildman–Crippen LogP) is 1.66. The van der Waals surface area contributed by atoms with Crippen LogP contribution in [0.5, 0.6) is 0 Å². The number of hydrogen-bond donors (Lipinski definition) is 1. The average molecular weight is 215 g/mol. The normalized spacial score (nSPS) is 11.4. The number of rotatable bonds is 3. The third-order valence-corrected chi connectivity index (χ3v) is 3.14. The maximum absolute atomic E-state index is 11.2. The maximum atomic E-state index is 11.2. The number of hydrogen-bond acceptors (Lipinski definition) is 5. The minimum absolute atomic E-state index is 0.347. The second-order valence-corrected chi connectivity index (χ2v) is 4.23. The molecule has 0 radical (unpaired) electrons. The van der Waals surface area contributed by atoms with Gasteiger partial charge < -0.3 is 4.74 Å². The first-order valence-corrected chi connectivity index (χ1v) is 4.94. The Morgan fingerprint density at radius 1 is 1.57 bits per heavy atom. The van der Waals surface area contributed by atoms with Crippen molar-refractivity contribution in [3.05, 3.63) is 21.9 Å². The second-order valence-electron chi connectivity index (χ2n) is 3.32. The average Bonchev–Trinajstić information content (AvgIpc) is 2.66. The van der Waals surface area contributed by atoms with E-state index >= 15 is 0 Å². The highest BCUT2D eigenvalue weighted by atomic mass is 32.1. The third kappa shape index (κ3) is 2.12. The van der Waals surface area contributed by atoms with E-state index in [9.17, 15) is 4.79 Å². The summed E-state index contributed by atoms with van der Waals surface area (Å²) in [5.41, 5.74) is -0.0469. The Hall–Kier alpha value is -0.910.